The monoisotopic (exact) mass is 428 g/mol. The zero-order valence-corrected chi connectivity index (χ0v) is 16.7. The maximum atomic E-state index is 13.8. The number of benzene rings is 1. The van der Waals surface area contributed by atoms with E-state index in [-0.39, 0.29) is 5.69 Å². The maximum Gasteiger partial charge on any atom is 0.276 e. The minimum Gasteiger partial charge on any atom is -0.316 e. The molecule has 3 heterocycles. The number of hydrogen-bond donors (Lipinski definition) is 1. The van der Waals surface area contributed by atoms with E-state index in [4.69, 9.17) is 0 Å². The normalized spacial score (nSPS) is 11.0. The Bertz CT molecular complexity index is 1240. The highest BCUT2D eigenvalue weighted by molar-refractivity contribution is 7.16. The van der Waals surface area contributed by atoms with Gasteiger partial charge in [0, 0.05) is 34.1 Å². The number of carbonyl (C=O) groups excluding carboxylic acids is 1. The third-order valence-corrected chi connectivity index (χ3v) is 5.60. The van der Waals surface area contributed by atoms with E-state index in [1.165, 1.54) is 34.2 Å². The van der Waals surface area contributed by atoms with Gasteiger partial charge in [-0.2, -0.15) is 5.10 Å². The topological polar surface area (TPSA) is 59.8 Å². The summed E-state index contributed by atoms with van der Waals surface area (Å²) >= 11 is 1.46. The van der Waals surface area contributed by atoms with Crippen LogP contribution in [0.2, 0.25) is 0 Å². The second-order valence-electron chi connectivity index (χ2n) is 6.56. The third kappa shape index (κ3) is 3.71. The Morgan fingerprint density at radius 2 is 1.83 bits per heavy atom. The van der Waals surface area contributed by atoms with Gasteiger partial charge in [-0.1, -0.05) is 6.07 Å². The molecule has 4 aromatic rings. The first-order valence-electron chi connectivity index (χ1n) is 8.84. The highest BCUT2D eigenvalue weighted by Crippen LogP contribution is 2.37. The molecule has 152 valence electrons. The van der Waals surface area contributed by atoms with Crippen molar-refractivity contribution in [3.8, 4) is 21.7 Å². The predicted molar refractivity (Wildman–Crippen MR) is 109 cm³/mol. The number of anilines is 1. The quantitative estimate of drug-likeness (QED) is 0.487. The molecule has 0 unspecified atom stereocenters. The highest BCUT2D eigenvalue weighted by atomic mass is 32.1. The van der Waals surface area contributed by atoms with E-state index < -0.39 is 29.0 Å². The Kier molecular flexibility index (Phi) is 5.13. The Hall–Kier alpha value is -3.46. The Balaban J connectivity index is 1.65. The summed E-state index contributed by atoms with van der Waals surface area (Å²) in [5.74, 6) is -2.91. The van der Waals surface area contributed by atoms with E-state index in [9.17, 15) is 18.0 Å². The molecule has 5 nitrogen and oxygen atoms in total. The molecule has 9 heteroatoms. The van der Waals surface area contributed by atoms with Crippen LogP contribution in [0.1, 0.15) is 15.4 Å². The number of para-hydroxylation sites is 1. The molecule has 3 aromatic heterocycles. The summed E-state index contributed by atoms with van der Waals surface area (Å²) in [6.45, 7) is 1.90. The first-order chi connectivity index (χ1) is 14.3. The predicted octanol–water partition coefficient (Wildman–Crippen LogP) is 5.19. The van der Waals surface area contributed by atoms with Crippen LogP contribution < -0.4 is 5.32 Å². The molecule has 30 heavy (non-hydrogen) atoms. The Morgan fingerprint density at radius 1 is 1.10 bits per heavy atom. The molecule has 1 aromatic carbocycles. The molecule has 0 aliphatic rings. The summed E-state index contributed by atoms with van der Waals surface area (Å²) in [6.07, 6.45) is 2.71. The van der Waals surface area contributed by atoms with E-state index in [2.05, 4.69) is 15.4 Å². The highest BCUT2D eigenvalue weighted by Gasteiger charge is 2.20. The van der Waals surface area contributed by atoms with E-state index in [1.54, 1.807) is 13.2 Å². The van der Waals surface area contributed by atoms with Crippen molar-refractivity contribution in [2.75, 3.05) is 5.32 Å². The van der Waals surface area contributed by atoms with E-state index in [1.807, 2.05) is 13.0 Å². The molecule has 0 saturated carbocycles. The van der Waals surface area contributed by atoms with Crippen LogP contribution in [0.25, 0.3) is 21.7 Å². The van der Waals surface area contributed by atoms with Gasteiger partial charge in [0.15, 0.2) is 5.69 Å². The SMILES string of the molecule is Cc1sc(-c2cncc(F)c2)cc1-c1cc(C(=O)Nc2c(F)cccc2F)nn1C. The van der Waals surface area contributed by atoms with Gasteiger partial charge in [0.25, 0.3) is 5.91 Å². The number of nitrogens with zero attached hydrogens (tertiary/aromatic N) is 3. The lowest BCUT2D eigenvalue weighted by Crippen LogP contribution is -2.15. The van der Waals surface area contributed by atoms with Crippen LogP contribution in [-0.4, -0.2) is 20.7 Å². The summed E-state index contributed by atoms with van der Waals surface area (Å²) < 4.78 is 42.6. The number of pyridine rings is 1. The van der Waals surface area contributed by atoms with Gasteiger partial charge in [-0.15, -0.1) is 11.3 Å². The van der Waals surface area contributed by atoms with Crippen LogP contribution in [0.4, 0.5) is 18.9 Å². The van der Waals surface area contributed by atoms with Gasteiger partial charge in [0.05, 0.1) is 11.9 Å². The molecule has 0 aliphatic carbocycles. The largest absolute Gasteiger partial charge is 0.316 e. The van der Waals surface area contributed by atoms with Crippen molar-refractivity contribution in [1.29, 1.82) is 0 Å². The van der Waals surface area contributed by atoms with Crippen LogP contribution in [0.3, 0.4) is 0 Å². The minimum atomic E-state index is -0.874. The van der Waals surface area contributed by atoms with Crippen LogP contribution >= 0.6 is 11.3 Å². The van der Waals surface area contributed by atoms with Crippen molar-refractivity contribution in [1.82, 2.24) is 14.8 Å². The lowest BCUT2D eigenvalue weighted by molar-refractivity contribution is 0.102. The molecule has 0 bridgehead atoms. The number of thiophene rings is 1. The molecule has 4 rings (SSSR count). The summed E-state index contributed by atoms with van der Waals surface area (Å²) in [7, 11) is 1.66. The molecule has 0 radical (unpaired) electrons. The summed E-state index contributed by atoms with van der Waals surface area (Å²) in [5, 5.41) is 6.40. The fourth-order valence-electron chi connectivity index (χ4n) is 3.05. The zero-order chi connectivity index (χ0) is 21.4. The molecular weight excluding hydrogens is 413 g/mol. The van der Waals surface area contributed by atoms with Crippen LogP contribution in [0.15, 0.2) is 48.8 Å². The van der Waals surface area contributed by atoms with E-state index in [0.29, 0.717) is 11.3 Å². The number of hydrogen-bond acceptors (Lipinski definition) is 4. The molecule has 1 N–H and O–H groups in total. The third-order valence-electron chi connectivity index (χ3n) is 4.50. The van der Waals surface area contributed by atoms with Gasteiger partial charge >= 0.3 is 0 Å². The van der Waals surface area contributed by atoms with Crippen LogP contribution in [-0.2, 0) is 7.05 Å². The second kappa shape index (κ2) is 7.75. The first-order valence-corrected chi connectivity index (χ1v) is 9.66. The Labute approximate surface area is 173 Å². The molecule has 0 saturated heterocycles. The summed E-state index contributed by atoms with van der Waals surface area (Å²) in [4.78, 5) is 18.1. The van der Waals surface area contributed by atoms with Gasteiger partial charge in [-0.25, -0.2) is 13.2 Å². The van der Waals surface area contributed by atoms with Crippen LogP contribution in [0.5, 0.6) is 0 Å². The standard InChI is InChI=1S/C21H15F3N4OS/c1-11-14(7-19(30-11)12-6-13(22)10-25-9-12)18-8-17(27-28(18)2)21(29)26-20-15(23)4-3-5-16(20)24/h3-10H,1-2H3,(H,26,29). The molecular formula is C21H15F3N4OS. The summed E-state index contributed by atoms with van der Waals surface area (Å²) in [5.41, 5.74) is 1.57. The fraction of sp³-hybridized carbons (Fsp3) is 0.0952. The number of carbonyl (C=O) groups is 1. The molecule has 0 aliphatic heterocycles. The number of rotatable bonds is 4. The van der Waals surface area contributed by atoms with E-state index >= 15 is 0 Å². The van der Waals surface area contributed by atoms with Gasteiger partial charge in [0.1, 0.15) is 23.1 Å². The van der Waals surface area contributed by atoms with Gasteiger partial charge in [-0.3, -0.25) is 14.5 Å². The number of aromatic nitrogens is 3. The first kappa shape index (κ1) is 19.8. The number of aryl methyl sites for hydroxylation is 2. The number of halogens is 3. The molecule has 0 spiro atoms. The number of amides is 1. The number of nitrogens with one attached hydrogen (secondary N) is 1. The lowest BCUT2D eigenvalue weighted by Gasteiger charge is -2.05. The molecule has 1 amide bonds. The average Bonchev–Trinajstić information content (AvgIpc) is 3.27. The van der Waals surface area contributed by atoms with Crippen molar-refractivity contribution in [3.05, 3.63) is 76.8 Å². The fourth-order valence-corrected chi connectivity index (χ4v) is 4.06. The Morgan fingerprint density at radius 3 is 2.53 bits per heavy atom. The smallest absolute Gasteiger partial charge is 0.276 e. The second-order valence-corrected chi connectivity index (χ2v) is 7.82. The van der Waals surface area contributed by atoms with Gasteiger partial charge < -0.3 is 5.32 Å². The lowest BCUT2D eigenvalue weighted by atomic mass is 10.1. The van der Waals surface area contributed by atoms with E-state index in [0.717, 1.165) is 33.6 Å². The van der Waals surface area contributed by atoms with Crippen LogP contribution in [0, 0.1) is 24.4 Å². The zero-order valence-electron chi connectivity index (χ0n) is 15.9. The van der Waals surface area contributed by atoms with Gasteiger partial charge in [-0.05, 0) is 37.3 Å². The van der Waals surface area contributed by atoms with Crippen molar-refractivity contribution >= 4 is 22.9 Å². The van der Waals surface area contributed by atoms with Crippen molar-refractivity contribution in [2.45, 2.75) is 6.92 Å². The van der Waals surface area contributed by atoms with Crippen molar-refractivity contribution in [3.63, 3.8) is 0 Å². The summed E-state index contributed by atoms with van der Waals surface area (Å²) in [6, 6.07) is 8.12. The van der Waals surface area contributed by atoms with Crippen molar-refractivity contribution in [2.24, 2.45) is 7.05 Å². The molecule has 0 atom stereocenters. The van der Waals surface area contributed by atoms with Crippen molar-refractivity contribution < 1.29 is 18.0 Å². The molecule has 0 fully saturated rings. The minimum absolute atomic E-state index is 0.00900. The average molecular weight is 428 g/mol. The maximum absolute atomic E-state index is 13.8. The van der Waals surface area contributed by atoms with Gasteiger partial charge in [0.2, 0.25) is 0 Å².